The Morgan fingerprint density at radius 2 is 2.00 bits per heavy atom. The Labute approximate surface area is 166 Å². The Hall–Kier alpha value is -2.31. The number of benzene rings is 1. The predicted octanol–water partition coefficient (Wildman–Crippen LogP) is 4.27. The lowest BCUT2D eigenvalue weighted by Crippen LogP contribution is -2.18. The molecule has 2 heterocycles. The molecule has 0 aliphatic heterocycles. The van der Waals surface area contributed by atoms with Crippen molar-refractivity contribution in [3.63, 3.8) is 0 Å². The summed E-state index contributed by atoms with van der Waals surface area (Å²) >= 11 is 7.52. The van der Waals surface area contributed by atoms with E-state index < -0.39 is 0 Å². The zero-order valence-corrected chi connectivity index (χ0v) is 16.4. The highest BCUT2D eigenvalue weighted by molar-refractivity contribution is 7.99. The van der Waals surface area contributed by atoms with E-state index in [0.29, 0.717) is 29.2 Å². The molecular weight excluding hydrogens is 384 g/mol. The molecule has 140 valence electrons. The molecular formula is C20H19ClN2O3S. The fourth-order valence-electron chi connectivity index (χ4n) is 2.60. The molecule has 0 amide bonds. The zero-order valence-electron chi connectivity index (χ0n) is 14.9. The van der Waals surface area contributed by atoms with E-state index in [9.17, 15) is 9.59 Å². The molecule has 7 heteroatoms. The van der Waals surface area contributed by atoms with Crippen molar-refractivity contribution in [1.82, 2.24) is 9.38 Å². The number of ether oxygens (including phenoxy) is 1. The third-order valence-electron chi connectivity index (χ3n) is 3.92. The van der Waals surface area contributed by atoms with E-state index in [0.717, 1.165) is 16.3 Å². The molecule has 0 saturated heterocycles. The molecule has 0 aliphatic carbocycles. The highest BCUT2D eigenvalue weighted by atomic mass is 35.5. The lowest BCUT2D eigenvalue weighted by atomic mass is 10.3. The van der Waals surface area contributed by atoms with Gasteiger partial charge in [-0.05, 0) is 55.5 Å². The number of carbonyl (C=O) groups excluding carboxylic acids is 1. The average molecular weight is 403 g/mol. The summed E-state index contributed by atoms with van der Waals surface area (Å²) < 4.78 is 6.78. The first-order valence-electron chi connectivity index (χ1n) is 8.55. The van der Waals surface area contributed by atoms with Crippen molar-refractivity contribution >= 4 is 35.0 Å². The summed E-state index contributed by atoms with van der Waals surface area (Å²) in [6, 6.07) is 14.5. The van der Waals surface area contributed by atoms with E-state index in [2.05, 4.69) is 4.98 Å². The standard InChI is InChI=1S/C20H19ClN2O3S/c1-14-4-2-5-18-22-16(12-19(24)23(14)18)13-26-20(25)6-3-11-27-17-9-7-15(21)8-10-17/h2,4-5,7-10,12H,3,6,11,13H2,1H3. The molecule has 0 unspecified atom stereocenters. The van der Waals surface area contributed by atoms with Gasteiger partial charge in [-0.1, -0.05) is 17.7 Å². The smallest absolute Gasteiger partial charge is 0.306 e. The third kappa shape index (κ3) is 5.34. The fourth-order valence-corrected chi connectivity index (χ4v) is 3.58. The molecule has 27 heavy (non-hydrogen) atoms. The fraction of sp³-hybridized carbons (Fsp3) is 0.250. The van der Waals surface area contributed by atoms with Crippen LogP contribution in [0.2, 0.25) is 5.02 Å². The second-order valence-corrected chi connectivity index (χ2v) is 7.62. The Bertz CT molecular complexity index is 1000. The maximum Gasteiger partial charge on any atom is 0.306 e. The monoisotopic (exact) mass is 402 g/mol. The van der Waals surface area contributed by atoms with Crippen LogP contribution in [0.1, 0.15) is 24.2 Å². The van der Waals surface area contributed by atoms with Crippen LogP contribution in [0.15, 0.2) is 58.2 Å². The highest BCUT2D eigenvalue weighted by Gasteiger charge is 2.08. The molecule has 0 N–H and O–H groups in total. The number of hydrogen-bond acceptors (Lipinski definition) is 5. The maximum absolute atomic E-state index is 12.2. The number of thioether (sulfide) groups is 1. The van der Waals surface area contributed by atoms with E-state index in [4.69, 9.17) is 16.3 Å². The van der Waals surface area contributed by atoms with Crippen molar-refractivity contribution in [2.45, 2.75) is 31.3 Å². The van der Waals surface area contributed by atoms with Crippen LogP contribution < -0.4 is 5.56 Å². The minimum absolute atomic E-state index is 0.00282. The van der Waals surface area contributed by atoms with Crippen LogP contribution in [0.3, 0.4) is 0 Å². The molecule has 0 fully saturated rings. The number of fused-ring (bicyclic) bond motifs is 1. The summed E-state index contributed by atoms with van der Waals surface area (Å²) in [5.74, 6) is 0.518. The quantitative estimate of drug-likeness (QED) is 0.335. The summed E-state index contributed by atoms with van der Waals surface area (Å²) in [5.41, 5.74) is 1.64. The van der Waals surface area contributed by atoms with E-state index >= 15 is 0 Å². The van der Waals surface area contributed by atoms with E-state index in [1.807, 2.05) is 43.3 Å². The van der Waals surface area contributed by atoms with Gasteiger partial charge in [0.05, 0.1) is 5.69 Å². The maximum atomic E-state index is 12.2. The number of esters is 1. The molecule has 5 nitrogen and oxygen atoms in total. The van der Waals surface area contributed by atoms with Crippen molar-refractivity contribution in [3.8, 4) is 0 Å². The van der Waals surface area contributed by atoms with Crippen molar-refractivity contribution in [2.24, 2.45) is 0 Å². The van der Waals surface area contributed by atoms with Crippen LogP contribution >= 0.6 is 23.4 Å². The molecule has 3 aromatic rings. The molecule has 1 aromatic carbocycles. The Balaban J connectivity index is 1.47. The summed E-state index contributed by atoms with van der Waals surface area (Å²) in [5, 5.41) is 0.708. The van der Waals surface area contributed by atoms with Crippen molar-refractivity contribution < 1.29 is 9.53 Å². The van der Waals surface area contributed by atoms with Gasteiger partial charge in [-0.2, -0.15) is 0 Å². The number of carbonyl (C=O) groups is 1. The summed E-state index contributed by atoms with van der Waals surface area (Å²) in [4.78, 5) is 29.6. The highest BCUT2D eigenvalue weighted by Crippen LogP contribution is 2.21. The van der Waals surface area contributed by atoms with Gasteiger partial charge in [0.2, 0.25) is 0 Å². The van der Waals surface area contributed by atoms with Gasteiger partial charge in [0.15, 0.2) is 0 Å². The number of aryl methyl sites for hydroxylation is 1. The van der Waals surface area contributed by atoms with Crippen LogP contribution in [0, 0.1) is 6.92 Å². The average Bonchev–Trinajstić information content (AvgIpc) is 2.65. The van der Waals surface area contributed by atoms with Gasteiger partial charge in [0.1, 0.15) is 12.3 Å². The molecule has 0 saturated carbocycles. The first kappa shape index (κ1) is 19.5. The predicted molar refractivity (Wildman–Crippen MR) is 107 cm³/mol. The van der Waals surface area contributed by atoms with Gasteiger partial charge in [0.25, 0.3) is 5.56 Å². The lowest BCUT2D eigenvalue weighted by molar-refractivity contribution is -0.145. The number of aromatic nitrogens is 2. The Morgan fingerprint density at radius 3 is 2.78 bits per heavy atom. The minimum atomic E-state index is -0.294. The number of pyridine rings is 1. The SMILES string of the molecule is Cc1cccc2nc(COC(=O)CCCSc3ccc(Cl)cc3)cc(=O)n12. The number of halogens is 1. The third-order valence-corrected chi connectivity index (χ3v) is 5.27. The normalized spacial score (nSPS) is 10.9. The van der Waals surface area contributed by atoms with E-state index in [1.54, 1.807) is 17.8 Å². The number of nitrogens with zero attached hydrogens (tertiary/aromatic N) is 2. The van der Waals surface area contributed by atoms with Crippen LogP contribution in [-0.2, 0) is 16.1 Å². The van der Waals surface area contributed by atoms with Gasteiger partial charge in [0, 0.05) is 28.1 Å². The van der Waals surface area contributed by atoms with Crippen LogP contribution in [0.25, 0.3) is 5.65 Å². The van der Waals surface area contributed by atoms with Crippen LogP contribution in [0.5, 0.6) is 0 Å². The topological polar surface area (TPSA) is 60.7 Å². The summed E-state index contributed by atoms with van der Waals surface area (Å²) in [6.07, 6.45) is 1.03. The Kier molecular flexibility index (Phi) is 6.53. The van der Waals surface area contributed by atoms with Gasteiger partial charge < -0.3 is 4.74 Å². The molecule has 3 rings (SSSR count). The molecule has 0 aliphatic rings. The minimum Gasteiger partial charge on any atom is -0.459 e. The van der Waals surface area contributed by atoms with Crippen LogP contribution in [0.4, 0.5) is 0 Å². The number of hydrogen-bond donors (Lipinski definition) is 0. The van der Waals surface area contributed by atoms with Gasteiger partial charge in [-0.15, -0.1) is 11.8 Å². The Morgan fingerprint density at radius 1 is 1.22 bits per heavy atom. The molecule has 0 bridgehead atoms. The van der Waals surface area contributed by atoms with E-state index in [1.165, 1.54) is 10.5 Å². The molecule has 0 radical (unpaired) electrons. The number of rotatable bonds is 7. The van der Waals surface area contributed by atoms with Gasteiger partial charge in [-0.3, -0.25) is 14.0 Å². The second-order valence-electron chi connectivity index (χ2n) is 6.01. The van der Waals surface area contributed by atoms with E-state index in [-0.39, 0.29) is 18.1 Å². The summed E-state index contributed by atoms with van der Waals surface area (Å²) in [6.45, 7) is 1.85. The molecule has 0 spiro atoms. The molecule has 2 aromatic heterocycles. The van der Waals surface area contributed by atoms with Gasteiger partial charge >= 0.3 is 5.97 Å². The van der Waals surface area contributed by atoms with Crippen molar-refractivity contribution in [2.75, 3.05) is 5.75 Å². The zero-order chi connectivity index (χ0) is 19.2. The summed E-state index contributed by atoms with van der Waals surface area (Å²) in [7, 11) is 0. The van der Waals surface area contributed by atoms with Crippen molar-refractivity contribution in [1.29, 1.82) is 0 Å². The van der Waals surface area contributed by atoms with Crippen LogP contribution in [-0.4, -0.2) is 21.1 Å². The van der Waals surface area contributed by atoms with Gasteiger partial charge in [-0.25, -0.2) is 4.98 Å². The lowest BCUT2D eigenvalue weighted by Gasteiger charge is -2.07. The second kappa shape index (κ2) is 9.06. The first-order chi connectivity index (χ1) is 13.0. The molecule has 0 atom stereocenters. The largest absolute Gasteiger partial charge is 0.459 e. The first-order valence-corrected chi connectivity index (χ1v) is 9.91. The van der Waals surface area contributed by atoms with Crippen molar-refractivity contribution in [3.05, 3.63) is 75.3 Å².